The normalized spacial score (nSPS) is 14.2. The highest BCUT2D eigenvalue weighted by molar-refractivity contribution is 5.17. The van der Waals surface area contributed by atoms with Crippen LogP contribution in [-0.4, -0.2) is 10.1 Å². The van der Waals surface area contributed by atoms with Crippen LogP contribution in [0.5, 0.6) is 0 Å². The maximum absolute atomic E-state index is 12.0. The molecule has 13 heavy (non-hydrogen) atoms. The van der Waals surface area contributed by atoms with E-state index in [0.717, 1.165) is 12.1 Å². The number of aromatic nitrogens is 1. The SMILES string of the molecule is C[C@@H](O)c1ccc(C(F)(F)F)cn1. The predicted molar refractivity (Wildman–Crippen MR) is 39.9 cm³/mol. The number of pyridine rings is 1. The third-order valence-corrected chi connectivity index (χ3v) is 1.54. The molecule has 0 saturated heterocycles. The first-order chi connectivity index (χ1) is 5.91. The molecule has 0 saturated carbocycles. The monoisotopic (exact) mass is 191 g/mol. The van der Waals surface area contributed by atoms with Gasteiger partial charge in [0.15, 0.2) is 0 Å². The summed E-state index contributed by atoms with van der Waals surface area (Å²) in [6.45, 7) is 1.44. The van der Waals surface area contributed by atoms with Gasteiger partial charge in [-0.1, -0.05) is 0 Å². The highest BCUT2D eigenvalue weighted by Crippen LogP contribution is 2.28. The molecule has 1 aromatic rings. The second-order valence-corrected chi connectivity index (χ2v) is 2.65. The zero-order valence-corrected chi connectivity index (χ0v) is 6.84. The number of aliphatic hydroxyl groups excluding tert-OH is 1. The van der Waals surface area contributed by atoms with Gasteiger partial charge in [-0.2, -0.15) is 13.2 Å². The number of hydrogen-bond acceptors (Lipinski definition) is 2. The van der Waals surface area contributed by atoms with Crippen molar-refractivity contribution < 1.29 is 18.3 Å². The number of aliphatic hydroxyl groups is 1. The van der Waals surface area contributed by atoms with Crippen molar-refractivity contribution in [2.75, 3.05) is 0 Å². The molecule has 0 aliphatic rings. The van der Waals surface area contributed by atoms with Gasteiger partial charge in [0, 0.05) is 6.20 Å². The Morgan fingerprint density at radius 2 is 2.00 bits per heavy atom. The zero-order valence-electron chi connectivity index (χ0n) is 6.84. The van der Waals surface area contributed by atoms with E-state index in [-0.39, 0.29) is 5.69 Å². The molecule has 0 bridgehead atoms. The molecule has 0 aliphatic heterocycles. The molecule has 0 fully saturated rings. The van der Waals surface area contributed by atoms with E-state index >= 15 is 0 Å². The highest BCUT2D eigenvalue weighted by atomic mass is 19.4. The Labute approximate surface area is 73.0 Å². The Hall–Kier alpha value is -1.10. The molecule has 72 valence electrons. The van der Waals surface area contributed by atoms with Crippen molar-refractivity contribution in [1.82, 2.24) is 4.98 Å². The molecule has 0 aromatic carbocycles. The van der Waals surface area contributed by atoms with E-state index in [0.29, 0.717) is 6.20 Å². The first-order valence-corrected chi connectivity index (χ1v) is 3.62. The summed E-state index contributed by atoms with van der Waals surface area (Å²) in [7, 11) is 0. The summed E-state index contributed by atoms with van der Waals surface area (Å²) in [6.07, 6.45) is -4.51. The minimum Gasteiger partial charge on any atom is -0.387 e. The molecular weight excluding hydrogens is 183 g/mol. The van der Waals surface area contributed by atoms with Crippen molar-refractivity contribution >= 4 is 0 Å². The van der Waals surface area contributed by atoms with E-state index in [1.165, 1.54) is 6.92 Å². The molecule has 0 aliphatic carbocycles. The number of halogens is 3. The lowest BCUT2D eigenvalue weighted by atomic mass is 10.2. The maximum Gasteiger partial charge on any atom is 0.417 e. The predicted octanol–water partition coefficient (Wildman–Crippen LogP) is 2.15. The Morgan fingerprint density at radius 1 is 1.38 bits per heavy atom. The molecule has 0 amide bonds. The molecule has 1 N–H and O–H groups in total. The van der Waals surface area contributed by atoms with Crippen LogP contribution >= 0.6 is 0 Å². The molecule has 0 unspecified atom stereocenters. The molecule has 1 aromatic heterocycles. The molecule has 1 atom stereocenters. The van der Waals surface area contributed by atoms with Gasteiger partial charge < -0.3 is 5.11 Å². The van der Waals surface area contributed by atoms with Crippen molar-refractivity contribution in [1.29, 1.82) is 0 Å². The molecule has 2 nitrogen and oxygen atoms in total. The quantitative estimate of drug-likeness (QED) is 0.737. The first kappa shape index (κ1) is 9.98. The summed E-state index contributed by atoms with van der Waals surface area (Å²) in [5.74, 6) is 0. The van der Waals surface area contributed by atoms with Gasteiger partial charge in [0.25, 0.3) is 0 Å². The minimum absolute atomic E-state index is 0.230. The average Bonchev–Trinajstić information content (AvgIpc) is 2.03. The molecule has 1 rings (SSSR count). The van der Waals surface area contributed by atoms with Crippen molar-refractivity contribution in [3.05, 3.63) is 29.6 Å². The average molecular weight is 191 g/mol. The maximum atomic E-state index is 12.0. The van der Waals surface area contributed by atoms with Crippen molar-refractivity contribution in [3.8, 4) is 0 Å². The smallest absolute Gasteiger partial charge is 0.387 e. The number of alkyl halides is 3. The molecule has 0 spiro atoms. The Bertz CT molecular complexity index is 278. The van der Waals surface area contributed by atoms with Crippen LogP contribution in [0.1, 0.15) is 24.3 Å². The molecular formula is C8H8F3NO. The van der Waals surface area contributed by atoms with E-state index in [4.69, 9.17) is 5.11 Å². The fourth-order valence-electron chi connectivity index (χ4n) is 0.820. The van der Waals surface area contributed by atoms with Crippen molar-refractivity contribution in [2.24, 2.45) is 0 Å². The fraction of sp³-hybridized carbons (Fsp3) is 0.375. The number of hydrogen-bond donors (Lipinski definition) is 1. The van der Waals surface area contributed by atoms with Crippen molar-refractivity contribution in [3.63, 3.8) is 0 Å². The summed E-state index contributed by atoms with van der Waals surface area (Å²) in [4.78, 5) is 3.47. The summed E-state index contributed by atoms with van der Waals surface area (Å²) < 4.78 is 36.1. The van der Waals surface area contributed by atoms with Gasteiger partial charge in [0.2, 0.25) is 0 Å². The second kappa shape index (κ2) is 3.33. The highest BCUT2D eigenvalue weighted by Gasteiger charge is 2.30. The zero-order chi connectivity index (χ0) is 10.1. The summed E-state index contributed by atoms with van der Waals surface area (Å²) in [6, 6.07) is 2.06. The molecule has 0 radical (unpaired) electrons. The van der Waals surface area contributed by atoms with Gasteiger partial charge in [-0.3, -0.25) is 4.98 Å². The van der Waals surface area contributed by atoms with Crippen LogP contribution in [0, 0.1) is 0 Å². The minimum atomic E-state index is -4.37. The van der Waals surface area contributed by atoms with Gasteiger partial charge in [-0.15, -0.1) is 0 Å². The van der Waals surface area contributed by atoms with Crippen LogP contribution in [0.3, 0.4) is 0 Å². The summed E-state index contributed by atoms with van der Waals surface area (Å²) >= 11 is 0. The van der Waals surface area contributed by atoms with Crippen LogP contribution in [0.15, 0.2) is 18.3 Å². The largest absolute Gasteiger partial charge is 0.417 e. The lowest BCUT2D eigenvalue weighted by Crippen LogP contribution is -2.06. The third-order valence-electron chi connectivity index (χ3n) is 1.54. The standard InChI is InChI=1S/C8H8F3NO/c1-5(13)7-3-2-6(4-12-7)8(9,10)11/h2-5,13H,1H3/t5-/m1/s1. The van der Waals surface area contributed by atoms with E-state index in [1.54, 1.807) is 0 Å². The third kappa shape index (κ3) is 2.42. The van der Waals surface area contributed by atoms with Gasteiger partial charge in [0.1, 0.15) is 0 Å². The Kier molecular flexibility index (Phi) is 2.56. The topological polar surface area (TPSA) is 33.1 Å². The van der Waals surface area contributed by atoms with Crippen LogP contribution in [0.4, 0.5) is 13.2 Å². The second-order valence-electron chi connectivity index (χ2n) is 2.65. The Morgan fingerprint density at radius 3 is 2.31 bits per heavy atom. The summed E-state index contributed by atoms with van der Waals surface area (Å²) in [5, 5.41) is 8.97. The van der Waals surface area contributed by atoms with Crippen molar-refractivity contribution in [2.45, 2.75) is 19.2 Å². The Balaban J connectivity index is 2.94. The van der Waals surface area contributed by atoms with Gasteiger partial charge >= 0.3 is 6.18 Å². The summed E-state index contributed by atoms with van der Waals surface area (Å²) in [5.41, 5.74) is -0.579. The first-order valence-electron chi connectivity index (χ1n) is 3.62. The molecule has 5 heteroatoms. The number of nitrogens with zero attached hydrogens (tertiary/aromatic N) is 1. The van der Waals surface area contributed by atoms with E-state index in [1.807, 2.05) is 0 Å². The van der Waals surface area contributed by atoms with Crippen LogP contribution in [-0.2, 0) is 6.18 Å². The van der Waals surface area contributed by atoms with Crippen LogP contribution in [0.25, 0.3) is 0 Å². The molecule has 1 heterocycles. The van der Waals surface area contributed by atoms with E-state index in [2.05, 4.69) is 4.98 Å². The fourth-order valence-corrected chi connectivity index (χ4v) is 0.820. The van der Waals surface area contributed by atoms with Gasteiger partial charge in [-0.25, -0.2) is 0 Å². The lowest BCUT2D eigenvalue weighted by molar-refractivity contribution is -0.137. The van der Waals surface area contributed by atoms with E-state index < -0.39 is 17.8 Å². The lowest BCUT2D eigenvalue weighted by Gasteiger charge is -2.07. The van der Waals surface area contributed by atoms with Gasteiger partial charge in [-0.05, 0) is 19.1 Å². The van der Waals surface area contributed by atoms with E-state index in [9.17, 15) is 13.2 Å². The van der Waals surface area contributed by atoms with Crippen LogP contribution < -0.4 is 0 Å². The van der Waals surface area contributed by atoms with Gasteiger partial charge in [0.05, 0.1) is 17.4 Å². The number of rotatable bonds is 1. The van der Waals surface area contributed by atoms with Crippen LogP contribution in [0.2, 0.25) is 0 Å².